The molecule has 1 amide bonds. The van der Waals surface area contributed by atoms with Crippen LogP contribution in [0.5, 0.6) is 11.6 Å². The third-order valence-electron chi connectivity index (χ3n) is 5.07. The number of nitrogens with zero attached hydrogens (tertiary/aromatic N) is 3. The van der Waals surface area contributed by atoms with Gasteiger partial charge in [-0.15, -0.1) is 0 Å². The Morgan fingerprint density at radius 1 is 1.13 bits per heavy atom. The zero-order valence-electron chi connectivity index (χ0n) is 17.4. The minimum Gasteiger partial charge on any atom is -0.494 e. The number of pyridine rings is 1. The van der Waals surface area contributed by atoms with Crippen LogP contribution in [0.1, 0.15) is 10.4 Å². The van der Waals surface area contributed by atoms with Crippen molar-refractivity contribution in [3.05, 3.63) is 63.2 Å². The van der Waals surface area contributed by atoms with E-state index in [0.29, 0.717) is 45.0 Å². The highest BCUT2D eigenvalue weighted by molar-refractivity contribution is 9.11. The van der Waals surface area contributed by atoms with Crippen LogP contribution < -0.4 is 19.3 Å². The summed E-state index contributed by atoms with van der Waals surface area (Å²) in [4.78, 5) is 21.7. The maximum Gasteiger partial charge on any atom is 0.258 e. The summed E-state index contributed by atoms with van der Waals surface area (Å²) in [5, 5.41) is 0. The lowest BCUT2D eigenvalue weighted by Gasteiger charge is -2.29. The number of aromatic nitrogens is 1. The van der Waals surface area contributed by atoms with E-state index in [-0.39, 0.29) is 5.91 Å². The van der Waals surface area contributed by atoms with Gasteiger partial charge in [-0.3, -0.25) is 4.79 Å². The number of amides is 1. The number of halogens is 2. The molecule has 0 spiro atoms. The Morgan fingerprint density at radius 3 is 2.55 bits per heavy atom. The molecule has 6 nitrogen and oxygen atoms in total. The second-order valence-electron chi connectivity index (χ2n) is 7.27. The molecule has 160 valence electrons. The minimum atomic E-state index is -0.130. The summed E-state index contributed by atoms with van der Waals surface area (Å²) in [6.45, 7) is 0.829. The van der Waals surface area contributed by atoms with Crippen molar-refractivity contribution in [3.63, 3.8) is 0 Å². The number of carbonyl (C=O) groups excluding carboxylic acids is 1. The van der Waals surface area contributed by atoms with E-state index in [9.17, 15) is 4.79 Å². The van der Waals surface area contributed by atoms with Gasteiger partial charge in [0.2, 0.25) is 5.88 Å². The van der Waals surface area contributed by atoms with E-state index in [2.05, 4.69) is 42.9 Å². The predicted octanol–water partition coefficient (Wildman–Crippen LogP) is 5.39. The van der Waals surface area contributed by atoms with E-state index in [0.717, 1.165) is 16.8 Å². The lowest BCUT2D eigenvalue weighted by Crippen LogP contribution is -2.38. The average molecular weight is 547 g/mol. The van der Waals surface area contributed by atoms with Gasteiger partial charge >= 0.3 is 0 Å². The summed E-state index contributed by atoms with van der Waals surface area (Å²) < 4.78 is 12.5. The number of anilines is 2. The van der Waals surface area contributed by atoms with Crippen molar-refractivity contribution in [2.24, 2.45) is 0 Å². The highest BCUT2D eigenvalue weighted by Crippen LogP contribution is 2.38. The van der Waals surface area contributed by atoms with Crippen LogP contribution in [0.4, 0.5) is 11.4 Å². The van der Waals surface area contributed by atoms with E-state index in [1.165, 1.54) is 0 Å². The van der Waals surface area contributed by atoms with Gasteiger partial charge in [0, 0.05) is 37.1 Å². The van der Waals surface area contributed by atoms with E-state index in [1.807, 2.05) is 43.3 Å². The number of ether oxygens (including phenoxy) is 2. The Bertz CT molecular complexity index is 1130. The standard InChI is InChI=1S/C23H21Br2N3O3/c1-27(2)17-6-4-5-14(9-17)16-12-20-22(26-13-16)31-8-7-28(20)23(29)15-10-18(24)21(30-3)19(25)11-15/h4-6,9-13H,7-8H2,1-3H3. The first kappa shape index (κ1) is 21.6. The smallest absolute Gasteiger partial charge is 0.258 e. The normalized spacial score (nSPS) is 12.7. The monoisotopic (exact) mass is 545 g/mol. The molecular formula is C23H21Br2N3O3. The molecule has 0 saturated heterocycles. The third kappa shape index (κ3) is 4.27. The molecule has 0 radical (unpaired) electrons. The molecule has 0 unspecified atom stereocenters. The van der Waals surface area contributed by atoms with Crippen molar-refractivity contribution in [1.82, 2.24) is 4.98 Å². The summed E-state index contributed by atoms with van der Waals surface area (Å²) in [5.74, 6) is 0.969. The highest BCUT2D eigenvalue weighted by Gasteiger charge is 2.27. The van der Waals surface area contributed by atoms with Crippen LogP contribution in [0.3, 0.4) is 0 Å². The quantitative estimate of drug-likeness (QED) is 0.439. The number of carbonyl (C=O) groups is 1. The van der Waals surface area contributed by atoms with Crippen LogP contribution in [-0.4, -0.2) is 45.2 Å². The van der Waals surface area contributed by atoms with E-state index >= 15 is 0 Å². The first-order valence-corrected chi connectivity index (χ1v) is 11.2. The molecule has 0 fully saturated rings. The van der Waals surface area contributed by atoms with Gasteiger partial charge in [-0.2, -0.15) is 0 Å². The molecule has 0 N–H and O–H groups in total. The van der Waals surface area contributed by atoms with Gasteiger partial charge in [-0.25, -0.2) is 4.98 Å². The Morgan fingerprint density at radius 2 is 1.87 bits per heavy atom. The van der Waals surface area contributed by atoms with Gasteiger partial charge in [0.05, 0.1) is 22.6 Å². The summed E-state index contributed by atoms with van der Waals surface area (Å²) >= 11 is 6.95. The predicted molar refractivity (Wildman–Crippen MR) is 130 cm³/mol. The lowest BCUT2D eigenvalue weighted by atomic mass is 10.1. The molecule has 0 bridgehead atoms. The fraction of sp³-hybridized carbons (Fsp3) is 0.217. The van der Waals surface area contributed by atoms with Gasteiger partial charge in [0.15, 0.2) is 0 Å². The zero-order valence-corrected chi connectivity index (χ0v) is 20.5. The second-order valence-corrected chi connectivity index (χ2v) is 8.98. The van der Waals surface area contributed by atoms with E-state index in [1.54, 1.807) is 30.3 Å². The molecule has 0 atom stereocenters. The Kier molecular flexibility index (Phi) is 6.20. The summed E-state index contributed by atoms with van der Waals surface area (Å²) in [5.41, 5.74) is 4.23. The maximum absolute atomic E-state index is 13.4. The van der Waals surface area contributed by atoms with Crippen LogP contribution in [0, 0.1) is 0 Å². The highest BCUT2D eigenvalue weighted by atomic mass is 79.9. The number of methoxy groups -OCH3 is 1. The van der Waals surface area contributed by atoms with Crippen LogP contribution in [0.25, 0.3) is 11.1 Å². The summed E-state index contributed by atoms with van der Waals surface area (Å²) in [6.07, 6.45) is 1.78. The maximum atomic E-state index is 13.4. The third-order valence-corrected chi connectivity index (χ3v) is 6.25. The molecule has 0 saturated carbocycles. The van der Waals surface area contributed by atoms with Gasteiger partial charge in [0.25, 0.3) is 5.91 Å². The number of hydrogen-bond donors (Lipinski definition) is 0. The second kappa shape index (κ2) is 8.88. The molecule has 1 aromatic heterocycles. The molecule has 31 heavy (non-hydrogen) atoms. The number of rotatable bonds is 4. The van der Waals surface area contributed by atoms with E-state index < -0.39 is 0 Å². The molecule has 8 heteroatoms. The van der Waals surface area contributed by atoms with Crippen molar-refractivity contribution in [2.75, 3.05) is 44.2 Å². The van der Waals surface area contributed by atoms with Gasteiger partial charge in [0.1, 0.15) is 18.0 Å². The molecule has 4 rings (SSSR count). The minimum absolute atomic E-state index is 0.130. The van der Waals surface area contributed by atoms with Gasteiger partial charge in [-0.05, 0) is 67.8 Å². The molecule has 2 aromatic carbocycles. The van der Waals surface area contributed by atoms with Crippen LogP contribution in [-0.2, 0) is 0 Å². The Labute approximate surface area is 198 Å². The van der Waals surface area contributed by atoms with Crippen molar-refractivity contribution >= 4 is 49.1 Å². The molecule has 2 heterocycles. The Balaban J connectivity index is 1.73. The zero-order chi connectivity index (χ0) is 22.1. The van der Waals surface area contributed by atoms with Crippen molar-refractivity contribution < 1.29 is 14.3 Å². The van der Waals surface area contributed by atoms with Crippen LogP contribution in [0.15, 0.2) is 57.6 Å². The summed E-state index contributed by atoms with van der Waals surface area (Å²) in [7, 11) is 5.59. The lowest BCUT2D eigenvalue weighted by molar-refractivity contribution is 0.0975. The topological polar surface area (TPSA) is 54.9 Å². The van der Waals surface area contributed by atoms with Gasteiger partial charge < -0.3 is 19.3 Å². The van der Waals surface area contributed by atoms with Crippen molar-refractivity contribution in [3.8, 4) is 22.8 Å². The molecule has 3 aromatic rings. The van der Waals surface area contributed by atoms with Crippen molar-refractivity contribution in [2.45, 2.75) is 0 Å². The number of benzene rings is 2. The molecule has 1 aliphatic rings. The average Bonchev–Trinajstić information content (AvgIpc) is 2.77. The Hall–Kier alpha value is -2.58. The number of fused-ring (bicyclic) bond motifs is 1. The van der Waals surface area contributed by atoms with Crippen molar-refractivity contribution in [1.29, 1.82) is 0 Å². The fourth-order valence-electron chi connectivity index (χ4n) is 3.47. The summed E-state index contributed by atoms with van der Waals surface area (Å²) in [6, 6.07) is 13.7. The largest absolute Gasteiger partial charge is 0.494 e. The van der Waals surface area contributed by atoms with Gasteiger partial charge in [-0.1, -0.05) is 12.1 Å². The SMILES string of the molecule is COc1c(Br)cc(C(=O)N2CCOc3ncc(-c4cccc(N(C)C)c4)cc32)cc1Br. The fourth-order valence-corrected chi connectivity index (χ4v) is 4.98. The van der Waals surface area contributed by atoms with Crippen LogP contribution in [0.2, 0.25) is 0 Å². The first-order valence-electron chi connectivity index (χ1n) is 9.64. The van der Waals surface area contributed by atoms with E-state index in [4.69, 9.17) is 9.47 Å². The molecular weight excluding hydrogens is 526 g/mol. The number of hydrogen-bond acceptors (Lipinski definition) is 5. The molecule has 1 aliphatic heterocycles. The van der Waals surface area contributed by atoms with Crippen LogP contribution >= 0.6 is 31.9 Å². The molecule has 0 aliphatic carbocycles. The first-order chi connectivity index (χ1) is 14.9.